The fraction of sp³-hybridized carbons (Fsp3) is 0.333. The average molecular weight is 300 g/mol. The first-order chi connectivity index (χ1) is 10.5. The Balaban J connectivity index is 2.18. The number of benzene rings is 1. The monoisotopic (exact) mass is 300 g/mol. The summed E-state index contributed by atoms with van der Waals surface area (Å²) in [7, 11) is 0. The standard InChI is InChI=1S/C15H16N4O3/c1-8-17-11-7-9(16)5-6-10(11)15(22)19(8)12-3-2-4-13(20)18-14(12)21/h5-7,12H,2-4,16H2,1H3,(H,18,20,21). The van der Waals surface area contributed by atoms with Crippen LogP contribution in [-0.2, 0) is 9.59 Å². The van der Waals surface area contributed by atoms with E-state index in [0.29, 0.717) is 35.3 Å². The van der Waals surface area contributed by atoms with Gasteiger partial charge in [0.25, 0.3) is 5.56 Å². The van der Waals surface area contributed by atoms with Gasteiger partial charge in [-0.05, 0) is 38.0 Å². The number of nitrogens with two attached hydrogens (primary N) is 1. The van der Waals surface area contributed by atoms with Crippen molar-refractivity contribution in [2.24, 2.45) is 0 Å². The summed E-state index contributed by atoms with van der Waals surface area (Å²) in [4.78, 5) is 40.7. The van der Waals surface area contributed by atoms with E-state index in [9.17, 15) is 14.4 Å². The van der Waals surface area contributed by atoms with E-state index in [2.05, 4.69) is 10.3 Å². The first kappa shape index (κ1) is 14.2. The number of anilines is 1. The van der Waals surface area contributed by atoms with Gasteiger partial charge < -0.3 is 5.73 Å². The van der Waals surface area contributed by atoms with Crippen LogP contribution in [0.15, 0.2) is 23.0 Å². The van der Waals surface area contributed by atoms with Crippen molar-refractivity contribution in [3.8, 4) is 0 Å². The lowest BCUT2D eigenvalue weighted by atomic mass is 10.1. The number of imide groups is 1. The first-order valence-corrected chi connectivity index (χ1v) is 7.09. The summed E-state index contributed by atoms with van der Waals surface area (Å²) in [6.45, 7) is 1.67. The Kier molecular flexibility index (Phi) is 3.40. The molecule has 0 aliphatic carbocycles. The molecule has 2 heterocycles. The van der Waals surface area contributed by atoms with Gasteiger partial charge in [0, 0.05) is 12.1 Å². The lowest BCUT2D eigenvalue weighted by molar-refractivity contribution is -0.131. The zero-order chi connectivity index (χ0) is 15.9. The normalized spacial score (nSPS) is 19.0. The van der Waals surface area contributed by atoms with Gasteiger partial charge in [-0.25, -0.2) is 4.98 Å². The zero-order valence-corrected chi connectivity index (χ0v) is 12.1. The number of hydrogen-bond donors (Lipinski definition) is 2. The van der Waals surface area contributed by atoms with Gasteiger partial charge in [-0.3, -0.25) is 24.3 Å². The lowest BCUT2D eigenvalue weighted by Gasteiger charge is -2.19. The molecule has 1 aromatic heterocycles. The van der Waals surface area contributed by atoms with Crippen LogP contribution < -0.4 is 16.6 Å². The maximum absolute atomic E-state index is 12.7. The number of carbonyl (C=O) groups is 2. The average Bonchev–Trinajstić information content (AvgIpc) is 2.60. The summed E-state index contributed by atoms with van der Waals surface area (Å²) in [5.74, 6) is -0.332. The van der Waals surface area contributed by atoms with Crippen LogP contribution in [0.25, 0.3) is 10.9 Å². The molecular formula is C15H16N4O3. The Bertz CT molecular complexity index is 841. The van der Waals surface area contributed by atoms with E-state index >= 15 is 0 Å². The molecular weight excluding hydrogens is 284 g/mol. The van der Waals surface area contributed by atoms with Crippen LogP contribution >= 0.6 is 0 Å². The maximum Gasteiger partial charge on any atom is 0.262 e. The van der Waals surface area contributed by atoms with Crippen molar-refractivity contribution in [3.63, 3.8) is 0 Å². The minimum absolute atomic E-state index is 0.285. The molecule has 0 spiro atoms. The number of nitrogens with zero attached hydrogens (tertiary/aromatic N) is 2. The van der Waals surface area contributed by atoms with Crippen molar-refractivity contribution < 1.29 is 9.59 Å². The van der Waals surface area contributed by atoms with E-state index in [1.807, 2.05) is 0 Å². The van der Waals surface area contributed by atoms with Crippen molar-refractivity contribution >= 4 is 28.4 Å². The second kappa shape index (κ2) is 5.25. The van der Waals surface area contributed by atoms with Crippen LogP contribution in [0.5, 0.6) is 0 Å². The number of rotatable bonds is 1. The topological polar surface area (TPSA) is 107 Å². The van der Waals surface area contributed by atoms with E-state index in [1.165, 1.54) is 4.57 Å². The molecule has 1 saturated heterocycles. The summed E-state index contributed by atoms with van der Waals surface area (Å²) in [6, 6.07) is 4.15. The molecule has 3 rings (SSSR count). The molecule has 0 saturated carbocycles. The SMILES string of the molecule is Cc1nc2cc(N)ccc2c(=O)n1C1CCCC(=O)NC1=O. The van der Waals surface area contributed by atoms with Gasteiger partial charge in [-0.1, -0.05) is 0 Å². The third-order valence-corrected chi connectivity index (χ3v) is 3.86. The third kappa shape index (κ3) is 2.34. The number of nitrogens with one attached hydrogen (secondary N) is 1. The predicted molar refractivity (Wildman–Crippen MR) is 81.2 cm³/mol. The Morgan fingerprint density at radius 1 is 1.32 bits per heavy atom. The van der Waals surface area contributed by atoms with Crippen molar-refractivity contribution in [3.05, 3.63) is 34.4 Å². The molecule has 2 amide bonds. The van der Waals surface area contributed by atoms with E-state index in [1.54, 1.807) is 25.1 Å². The molecule has 7 nitrogen and oxygen atoms in total. The largest absolute Gasteiger partial charge is 0.399 e. The quantitative estimate of drug-likeness (QED) is 0.594. The van der Waals surface area contributed by atoms with E-state index < -0.39 is 11.9 Å². The van der Waals surface area contributed by atoms with Gasteiger partial charge in [0.2, 0.25) is 11.8 Å². The van der Waals surface area contributed by atoms with Gasteiger partial charge in [-0.15, -0.1) is 0 Å². The number of nitrogen functional groups attached to an aromatic ring is 1. The number of fused-ring (bicyclic) bond motifs is 1. The molecule has 1 aliphatic heterocycles. The highest BCUT2D eigenvalue weighted by molar-refractivity contribution is 5.98. The predicted octanol–water partition coefficient (Wildman–Crippen LogP) is 0.655. The van der Waals surface area contributed by atoms with Crippen molar-refractivity contribution in [2.75, 3.05) is 5.73 Å². The van der Waals surface area contributed by atoms with E-state index in [-0.39, 0.29) is 17.9 Å². The minimum atomic E-state index is -0.714. The fourth-order valence-electron chi connectivity index (χ4n) is 2.81. The van der Waals surface area contributed by atoms with E-state index in [4.69, 9.17) is 5.73 Å². The highest BCUT2D eigenvalue weighted by Crippen LogP contribution is 2.20. The summed E-state index contributed by atoms with van der Waals surface area (Å²) >= 11 is 0. The lowest BCUT2D eigenvalue weighted by Crippen LogP contribution is -2.39. The molecule has 2 aromatic rings. The molecule has 1 unspecified atom stereocenters. The number of aromatic nitrogens is 2. The van der Waals surface area contributed by atoms with Crippen LogP contribution in [-0.4, -0.2) is 21.4 Å². The molecule has 7 heteroatoms. The van der Waals surface area contributed by atoms with Crippen LogP contribution in [0.3, 0.4) is 0 Å². The summed E-state index contributed by atoms with van der Waals surface area (Å²) in [5.41, 5.74) is 6.44. The summed E-state index contributed by atoms with van der Waals surface area (Å²) < 4.78 is 1.37. The summed E-state index contributed by atoms with van der Waals surface area (Å²) in [5, 5.41) is 2.72. The van der Waals surface area contributed by atoms with Crippen LogP contribution in [0, 0.1) is 6.92 Å². The Morgan fingerprint density at radius 3 is 2.86 bits per heavy atom. The highest BCUT2D eigenvalue weighted by atomic mass is 16.2. The number of aryl methyl sites for hydroxylation is 1. The van der Waals surface area contributed by atoms with Crippen LogP contribution in [0.1, 0.15) is 31.1 Å². The van der Waals surface area contributed by atoms with Gasteiger partial charge in [0.05, 0.1) is 10.9 Å². The van der Waals surface area contributed by atoms with Gasteiger partial charge in [0.15, 0.2) is 0 Å². The molecule has 1 aromatic carbocycles. The minimum Gasteiger partial charge on any atom is -0.399 e. The fourth-order valence-corrected chi connectivity index (χ4v) is 2.81. The zero-order valence-electron chi connectivity index (χ0n) is 12.1. The van der Waals surface area contributed by atoms with Gasteiger partial charge >= 0.3 is 0 Å². The molecule has 1 atom stereocenters. The number of amides is 2. The first-order valence-electron chi connectivity index (χ1n) is 7.09. The smallest absolute Gasteiger partial charge is 0.262 e. The second-order valence-electron chi connectivity index (χ2n) is 5.43. The van der Waals surface area contributed by atoms with Crippen molar-refractivity contribution in [1.29, 1.82) is 0 Å². The van der Waals surface area contributed by atoms with Crippen LogP contribution in [0.4, 0.5) is 5.69 Å². The Morgan fingerprint density at radius 2 is 2.09 bits per heavy atom. The molecule has 22 heavy (non-hydrogen) atoms. The second-order valence-corrected chi connectivity index (χ2v) is 5.43. The molecule has 3 N–H and O–H groups in total. The summed E-state index contributed by atoms with van der Waals surface area (Å²) in [6.07, 6.45) is 1.27. The van der Waals surface area contributed by atoms with Gasteiger partial charge in [0.1, 0.15) is 11.9 Å². The van der Waals surface area contributed by atoms with Crippen molar-refractivity contribution in [1.82, 2.24) is 14.9 Å². The van der Waals surface area contributed by atoms with Crippen LogP contribution in [0.2, 0.25) is 0 Å². The van der Waals surface area contributed by atoms with Crippen molar-refractivity contribution in [2.45, 2.75) is 32.2 Å². The van der Waals surface area contributed by atoms with Gasteiger partial charge in [-0.2, -0.15) is 0 Å². The maximum atomic E-state index is 12.7. The molecule has 0 radical (unpaired) electrons. The molecule has 1 aliphatic rings. The molecule has 114 valence electrons. The molecule has 1 fully saturated rings. The highest BCUT2D eigenvalue weighted by Gasteiger charge is 2.28. The number of carbonyl (C=O) groups excluding carboxylic acids is 2. The number of hydrogen-bond acceptors (Lipinski definition) is 5. The van der Waals surface area contributed by atoms with E-state index in [0.717, 1.165) is 0 Å². The Labute approximate surface area is 126 Å². The Hall–Kier alpha value is -2.70. The molecule has 0 bridgehead atoms. The third-order valence-electron chi connectivity index (χ3n) is 3.86.